The summed E-state index contributed by atoms with van der Waals surface area (Å²) in [6, 6.07) is -1.16. The Kier molecular flexibility index (Phi) is 5.43. The lowest BCUT2D eigenvalue weighted by Gasteiger charge is -2.21. The van der Waals surface area contributed by atoms with Crippen molar-refractivity contribution in [3.05, 3.63) is 0 Å². The number of hydrogen-bond acceptors (Lipinski definition) is 2. The van der Waals surface area contributed by atoms with E-state index in [1.807, 2.05) is 13.8 Å². The Morgan fingerprint density at radius 3 is 2.14 bits per heavy atom. The van der Waals surface area contributed by atoms with E-state index in [1.165, 1.54) is 0 Å². The van der Waals surface area contributed by atoms with Crippen molar-refractivity contribution >= 4 is 12.1 Å². The number of amides is 4. The van der Waals surface area contributed by atoms with Crippen LogP contribution in [0.25, 0.3) is 0 Å². The van der Waals surface area contributed by atoms with Crippen LogP contribution in [0.5, 0.6) is 0 Å². The highest BCUT2D eigenvalue weighted by atomic mass is 16.2. The van der Waals surface area contributed by atoms with Crippen LogP contribution in [-0.2, 0) is 0 Å². The van der Waals surface area contributed by atoms with Crippen LogP contribution >= 0.6 is 0 Å². The third kappa shape index (κ3) is 6.10. The van der Waals surface area contributed by atoms with Gasteiger partial charge < -0.3 is 22.1 Å². The molecule has 0 saturated heterocycles. The molecule has 0 aromatic rings. The van der Waals surface area contributed by atoms with E-state index in [1.54, 1.807) is 0 Å². The number of hydrogen-bond donors (Lipinski definition) is 4. The molecule has 0 aromatic carbocycles. The lowest BCUT2D eigenvalue weighted by molar-refractivity contribution is 0.238. The van der Waals surface area contributed by atoms with E-state index in [9.17, 15) is 9.59 Å². The van der Waals surface area contributed by atoms with Crippen LogP contribution in [0.4, 0.5) is 9.59 Å². The maximum atomic E-state index is 10.6. The Morgan fingerprint density at radius 1 is 1.21 bits per heavy atom. The third-order valence-electron chi connectivity index (χ3n) is 1.89. The van der Waals surface area contributed by atoms with Crippen molar-refractivity contribution < 1.29 is 9.59 Å². The van der Waals surface area contributed by atoms with Gasteiger partial charge in [0, 0.05) is 12.6 Å². The van der Waals surface area contributed by atoms with Gasteiger partial charge in [-0.2, -0.15) is 0 Å². The molecule has 6 heteroatoms. The van der Waals surface area contributed by atoms with Crippen molar-refractivity contribution in [1.29, 1.82) is 0 Å². The summed E-state index contributed by atoms with van der Waals surface area (Å²) in [7, 11) is 0. The van der Waals surface area contributed by atoms with Gasteiger partial charge in [-0.25, -0.2) is 9.59 Å². The molecule has 0 bridgehead atoms. The molecule has 1 atom stereocenters. The monoisotopic (exact) mass is 202 g/mol. The van der Waals surface area contributed by atoms with Gasteiger partial charge in [-0.3, -0.25) is 0 Å². The fraction of sp³-hybridized carbons (Fsp3) is 0.750. The van der Waals surface area contributed by atoms with Crippen LogP contribution in [0.2, 0.25) is 0 Å². The highest BCUT2D eigenvalue weighted by Gasteiger charge is 2.14. The molecule has 82 valence electrons. The van der Waals surface area contributed by atoms with E-state index in [0.717, 1.165) is 0 Å². The predicted octanol–water partition coefficient (Wildman–Crippen LogP) is -0.262. The van der Waals surface area contributed by atoms with E-state index in [2.05, 4.69) is 10.6 Å². The topological polar surface area (TPSA) is 110 Å². The number of urea groups is 2. The van der Waals surface area contributed by atoms with Crippen molar-refractivity contribution in [3.8, 4) is 0 Å². The van der Waals surface area contributed by atoms with Crippen molar-refractivity contribution in [2.45, 2.75) is 26.3 Å². The summed E-state index contributed by atoms with van der Waals surface area (Å²) in [6.07, 6.45) is 0.615. The summed E-state index contributed by atoms with van der Waals surface area (Å²) in [5.41, 5.74) is 9.89. The largest absolute Gasteiger partial charge is 0.352 e. The minimum atomic E-state index is -0.563. The normalized spacial score (nSPS) is 12.2. The summed E-state index contributed by atoms with van der Waals surface area (Å²) in [6.45, 7) is 4.36. The van der Waals surface area contributed by atoms with E-state index in [4.69, 9.17) is 11.5 Å². The van der Waals surface area contributed by atoms with Gasteiger partial charge in [0.15, 0.2) is 0 Å². The smallest absolute Gasteiger partial charge is 0.312 e. The van der Waals surface area contributed by atoms with Crippen LogP contribution in [0, 0.1) is 5.92 Å². The van der Waals surface area contributed by atoms with Crippen LogP contribution in [0.15, 0.2) is 0 Å². The fourth-order valence-corrected chi connectivity index (χ4v) is 1.11. The van der Waals surface area contributed by atoms with Gasteiger partial charge in [-0.1, -0.05) is 13.8 Å². The summed E-state index contributed by atoms with van der Waals surface area (Å²) in [4.78, 5) is 21.0. The molecule has 0 aliphatic carbocycles. The Morgan fingerprint density at radius 2 is 1.79 bits per heavy atom. The van der Waals surface area contributed by atoms with Gasteiger partial charge >= 0.3 is 12.1 Å². The molecule has 0 heterocycles. The van der Waals surface area contributed by atoms with Crippen molar-refractivity contribution in [2.75, 3.05) is 6.54 Å². The third-order valence-corrected chi connectivity index (χ3v) is 1.89. The molecule has 0 aliphatic heterocycles. The molecule has 0 spiro atoms. The quantitative estimate of drug-likeness (QED) is 0.492. The van der Waals surface area contributed by atoms with Gasteiger partial charge in [0.1, 0.15) is 0 Å². The second-order valence-corrected chi connectivity index (χ2v) is 3.44. The highest BCUT2D eigenvalue weighted by molar-refractivity contribution is 5.72. The lowest BCUT2D eigenvalue weighted by atomic mass is 10.0. The average molecular weight is 202 g/mol. The molecular weight excluding hydrogens is 184 g/mol. The molecule has 6 nitrogen and oxygen atoms in total. The van der Waals surface area contributed by atoms with E-state index >= 15 is 0 Å². The van der Waals surface area contributed by atoms with Crippen LogP contribution in [-0.4, -0.2) is 24.6 Å². The second-order valence-electron chi connectivity index (χ2n) is 3.44. The Labute approximate surface area is 83.4 Å². The molecule has 0 aromatic heterocycles. The first-order chi connectivity index (χ1) is 6.43. The van der Waals surface area contributed by atoms with Crippen LogP contribution in [0.3, 0.4) is 0 Å². The van der Waals surface area contributed by atoms with Gasteiger partial charge in [-0.15, -0.1) is 0 Å². The number of primary amides is 2. The van der Waals surface area contributed by atoms with Gasteiger partial charge in [0.25, 0.3) is 0 Å². The molecule has 0 rings (SSSR count). The first kappa shape index (κ1) is 12.5. The molecule has 0 aliphatic rings. The minimum absolute atomic E-state index is 0.0423. The van der Waals surface area contributed by atoms with E-state index in [0.29, 0.717) is 13.0 Å². The first-order valence-corrected chi connectivity index (χ1v) is 4.52. The molecular formula is C8H18N4O2. The van der Waals surface area contributed by atoms with E-state index in [-0.39, 0.29) is 12.0 Å². The maximum Gasteiger partial charge on any atom is 0.312 e. The molecule has 1 unspecified atom stereocenters. The van der Waals surface area contributed by atoms with Crippen molar-refractivity contribution in [3.63, 3.8) is 0 Å². The Bertz CT molecular complexity index is 206. The molecule has 0 fully saturated rings. The zero-order chi connectivity index (χ0) is 11.1. The molecule has 14 heavy (non-hydrogen) atoms. The molecule has 0 saturated carbocycles. The predicted molar refractivity (Wildman–Crippen MR) is 53.5 cm³/mol. The number of carbonyl (C=O) groups excluding carboxylic acids is 2. The van der Waals surface area contributed by atoms with E-state index < -0.39 is 12.1 Å². The number of carbonyl (C=O) groups is 2. The number of nitrogens with one attached hydrogen (secondary N) is 2. The summed E-state index contributed by atoms with van der Waals surface area (Å²) in [5.74, 6) is 0.261. The van der Waals surface area contributed by atoms with Crippen LogP contribution in [0.1, 0.15) is 20.3 Å². The Balaban J connectivity index is 3.85. The van der Waals surface area contributed by atoms with Gasteiger partial charge in [0.05, 0.1) is 0 Å². The number of nitrogens with two attached hydrogens (primary N) is 2. The van der Waals surface area contributed by atoms with Crippen molar-refractivity contribution in [1.82, 2.24) is 10.6 Å². The maximum absolute atomic E-state index is 10.6. The molecule has 6 N–H and O–H groups in total. The fourth-order valence-electron chi connectivity index (χ4n) is 1.11. The summed E-state index contributed by atoms with van der Waals surface area (Å²) in [5, 5.41) is 5.05. The van der Waals surface area contributed by atoms with Gasteiger partial charge in [-0.05, 0) is 12.3 Å². The average Bonchev–Trinajstić information content (AvgIpc) is 2.00. The van der Waals surface area contributed by atoms with Crippen LogP contribution < -0.4 is 22.1 Å². The highest BCUT2D eigenvalue weighted by Crippen LogP contribution is 2.04. The number of rotatable bonds is 5. The summed E-state index contributed by atoms with van der Waals surface area (Å²) < 4.78 is 0. The molecule has 0 radical (unpaired) electrons. The van der Waals surface area contributed by atoms with Gasteiger partial charge in [0.2, 0.25) is 0 Å². The zero-order valence-electron chi connectivity index (χ0n) is 8.54. The zero-order valence-corrected chi connectivity index (χ0v) is 8.54. The van der Waals surface area contributed by atoms with Crippen molar-refractivity contribution in [2.24, 2.45) is 17.4 Å². The molecule has 4 amide bonds. The lowest BCUT2D eigenvalue weighted by Crippen LogP contribution is -2.44. The minimum Gasteiger partial charge on any atom is -0.352 e. The Hall–Kier alpha value is -1.46. The standard InChI is InChI=1S/C8H18N4O2/c1-5(2)6(12-8(10)14)3-4-11-7(9)13/h5-6H,3-4H2,1-2H3,(H3,9,11,13)(H3,10,12,14). The SMILES string of the molecule is CC(C)C(CCNC(N)=O)NC(N)=O. The first-order valence-electron chi connectivity index (χ1n) is 4.52. The second kappa shape index (κ2) is 6.06. The summed E-state index contributed by atoms with van der Waals surface area (Å²) >= 11 is 0.